The van der Waals surface area contributed by atoms with E-state index in [9.17, 15) is 9.18 Å². The number of rotatable bonds is 4. The third-order valence-corrected chi connectivity index (χ3v) is 6.21. The van der Waals surface area contributed by atoms with Crippen LogP contribution in [0.3, 0.4) is 0 Å². The van der Waals surface area contributed by atoms with Gasteiger partial charge in [0.1, 0.15) is 18.2 Å². The maximum absolute atomic E-state index is 13.5. The van der Waals surface area contributed by atoms with Crippen molar-refractivity contribution >= 4 is 17.2 Å². The third kappa shape index (κ3) is 4.49. The van der Waals surface area contributed by atoms with Crippen LogP contribution in [0.1, 0.15) is 43.9 Å². The minimum absolute atomic E-state index is 0.0946. The van der Waals surface area contributed by atoms with Gasteiger partial charge in [-0.05, 0) is 59.4 Å². The Balaban J connectivity index is 1.50. The molecule has 2 N–H and O–H groups in total. The topological polar surface area (TPSA) is 50.4 Å². The smallest absolute Gasteiger partial charge is 0.163 e. The van der Waals surface area contributed by atoms with E-state index in [-0.39, 0.29) is 29.7 Å². The molecular formula is C28H27FN2O2. The molecule has 0 fully saturated rings. The Labute approximate surface area is 193 Å². The SMILES string of the molecule is CC1(C)CC(=O)C2=C(C1)Nc1ccccc1N[C@@H]2c1cccc(OCc2cccc(F)c2)c1. The lowest BCUT2D eigenvalue weighted by molar-refractivity contribution is -0.118. The Hall–Kier alpha value is -3.60. The lowest BCUT2D eigenvalue weighted by Crippen LogP contribution is -2.31. The Kier molecular flexibility index (Phi) is 5.41. The number of anilines is 2. The molecular weight excluding hydrogens is 415 g/mol. The first-order valence-electron chi connectivity index (χ1n) is 11.2. The van der Waals surface area contributed by atoms with Gasteiger partial charge in [-0.15, -0.1) is 0 Å². The quantitative estimate of drug-likeness (QED) is 0.476. The Morgan fingerprint density at radius 1 is 0.970 bits per heavy atom. The number of hydrogen-bond donors (Lipinski definition) is 2. The summed E-state index contributed by atoms with van der Waals surface area (Å²) in [5, 5.41) is 7.14. The number of halogens is 1. The first-order valence-corrected chi connectivity index (χ1v) is 11.2. The number of fused-ring (bicyclic) bond motifs is 1. The maximum atomic E-state index is 13.5. The van der Waals surface area contributed by atoms with Crippen LogP contribution in [-0.4, -0.2) is 5.78 Å². The molecule has 4 nitrogen and oxygen atoms in total. The monoisotopic (exact) mass is 442 g/mol. The van der Waals surface area contributed by atoms with Crippen molar-refractivity contribution in [2.75, 3.05) is 10.6 Å². The highest BCUT2D eigenvalue weighted by Crippen LogP contribution is 2.45. The molecule has 0 bridgehead atoms. The molecule has 0 radical (unpaired) electrons. The zero-order valence-electron chi connectivity index (χ0n) is 18.8. The van der Waals surface area contributed by atoms with Gasteiger partial charge in [0.2, 0.25) is 0 Å². The number of allylic oxidation sites excluding steroid dienone is 1. The van der Waals surface area contributed by atoms with Crippen molar-refractivity contribution < 1.29 is 13.9 Å². The van der Waals surface area contributed by atoms with E-state index in [1.807, 2.05) is 54.6 Å². The van der Waals surface area contributed by atoms with Gasteiger partial charge in [0, 0.05) is 17.7 Å². The van der Waals surface area contributed by atoms with E-state index in [0.29, 0.717) is 12.2 Å². The number of hydrogen-bond acceptors (Lipinski definition) is 4. The van der Waals surface area contributed by atoms with Crippen LogP contribution in [0.5, 0.6) is 5.75 Å². The van der Waals surface area contributed by atoms with Crippen molar-refractivity contribution in [3.05, 3.63) is 101 Å². The predicted octanol–water partition coefficient (Wildman–Crippen LogP) is 6.63. The number of benzene rings is 3. The molecule has 0 spiro atoms. The second kappa shape index (κ2) is 8.39. The first kappa shape index (κ1) is 21.3. The minimum Gasteiger partial charge on any atom is -0.489 e. The molecule has 168 valence electrons. The zero-order valence-corrected chi connectivity index (χ0v) is 18.8. The summed E-state index contributed by atoms with van der Waals surface area (Å²) in [6, 6.07) is 21.9. The molecule has 5 heteroatoms. The highest BCUT2D eigenvalue weighted by atomic mass is 19.1. The van der Waals surface area contributed by atoms with Crippen LogP contribution in [-0.2, 0) is 11.4 Å². The standard InChI is InChI=1S/C28H27FN2O2/c1-28(2)15-24-26(25(32)16-28)27(31-23-12-4-3-11-22(23)30-24)19-8-6-10-21(14-19)33-17-18-7-5-9-20(29)13-18/h3-14,27,30-31H,15-17H2,1-2H3/t27-/m1/s1. The van der Waals surface area contributed by atoms with Crippen molar-refractivity contribution in [2.45, 2.75) is 39.3 Å². The summed E-state index contributed by atoms with van der Waals surface area (Å²) in [5.74, 6) is 0.553. The predicted molar refractivity (Wildman–Crippen MR) is 129 cm³/mol. The molecule has 0 aromatic heterocycles. The van der Waals surface area contributed by atoms with Crippen LogP contribution in [0, 0.1) is 11.2 Å². The van der Waals surface area contributed by atoms with Gasteiger partial charge in [0.05, 0.1) is 17.4 Å². The van der Waals surface area contributed by atoms with Crippen LogP contribution in [0.15, 0.2) is 84.1 Å². The molecule has 33 heavy (non-hydrogen) atoms. The van der Waals surface area contributed by atoms with Crippen LogP contribution in [0.4, 0.5) is 15.8 Å². The van der Waals surface area contributed by atoms with Crippen LogP contribution >= 0.6 is 0 Å². The lowest BCUT2D eigenvalue weighted by Gasteiger charge is -2.34. The number of ether oxygens (including phenoxy) is 1. The number of ketones is 1. The molecule has 5 rings (SSSR count). The normalized spacial score (nSPS) is 19.0. The van der Waals surface area contributed by atoms with Gasteiger partial charge in [-0.25, -0.2) is 4.39 Å². The van der Waals surface area contributed by atoms with Gasteiger partial charge in [0.25, 0.3) is 0 Å². The van der Waals surface area contributed by atoms with E-state index >= 15 is 0 Å². The number of para-hydroxylation sites is 2. The van der Waals surface area contributed by atoms with Gasteiger partial charge in [0.15, 0.2) is 5.78 Å². The van der Waals surface area contributed by atoms with Crippen molar-refractivity contribution in [3.8, 4) is 5.75 Å². The molecule has 0 unspecified atom stereocenters. The second-order valence-corrected chi connectivity index (χ2v) is 9.57. The average Bonchev–Trinajstić information content (AvgIpc) is 2.94. The highest BCUT2D eigenvalue weighted by molar-refractivity contribution is 6.01. The van der Waals surface area contributed by atoms with E-state index in [4.69, 9.17) is 4.74 Å². The zero-order chi connectivity index (χ0) is 23.0. The Morgan fingerprint density at radius 3 is 2.58 bits per heavy atom. The summed E-state index contributed by atoms with van der Waals surface area (Å²) in [4.78, 5) is 13.4. The first-order chi connectivity index (χ1) is 15.9. The number of carbonyl (C=O) groups is 1. The minimum atomic E-state index is -0.294. The molecule has 0 saturated heterocycles. The summed E-state index contributed by atoms with van der Waals surface area (Å²) in [6.45, 7) is 4.54. The molecule has 1 aliphatic carbocycles. The largest absolute Gasteiger partial charge is 0.489 e. The van der Waals surface area contributed by atoms with Crippen molar-refractivity contribution in [2.24, 2.45) is 5.41 Å². The molecule has 1 aliphatic heterocycles. The summed E-state index contributed by atoms with van der Waals surface area (Å²) in [7, 11) is 0. The third-order valence-electron chi connectivity index (χ3n) is 6.21. The van der Waals surface area contributed by atoms with Gasteiger partial charge >= 0.3 is 0 Å². The highest BCUT2D eigenvalue weighted by Gasteiger charge is 2.38. The summed E-state index contributed by atoms with van der Waals surface area (Å²) >= 11 is 0. The van der Waals surface area contributed by atoms with Gasteiger partial charge in [-0.3, -0.25) is 4.79 Å². The fourth-order valence-corrected chi connectivity index (χ4v) is 4.72. The number of nitrogens with one attached hydrogen (secondary N) is 2. The Morgan fingerprint density at radius 2 is 1.76 bits per heavy atom. The molecule has 0 amide bonds. The van der Waals surface area contributed by atoms with Crippen molar-refractivity contribution in [3.63, 3.8) is 0 Å². The van der Waals surface area contributed by atoms with Crippen LogP contribution in [0.2, 0.25) is 0 Å². The summed E-state index contributed by atoms with van der Waals surface area (Å²) in [6.07, 6.45) is 1.31. The summed E-state index contributed by atoms with van der Waals surface area (Å²) < 4.78 is 19.5. The molecule has 1 atom stereocenters. The molecule has 0 saturated carbocycles. The van der Waals surface area contributed by atoms with Gasteiger partial charge in [-0.1, -0.05) is 50.2 Å². The van der Waals surface area contributed by atoms with E-state index in [2.05, 4.69) is 24.5 Å². The molecule has 2 aliphatic rings. The number of carbonyl (C=O) groups excluding carboxylic acids is 1. The molecule has 3 aromatic rings. The van der Waals surface area contributed by atoms with Gasteiger partial charge in [-0.2, -0.15) is 0 Å². The fourth-order valence-electron chi connectivity index (χ4n) is 4.72. The Bertz CT molecular complexity index is 1250. The second-order valence-electron chi connectivity index (χ2n) is 9.57. The van der Waals surface area contributed by atoms with Crippen LogP contribution in [0.25, 0.3) is 0 Å². The van der Waals surface area contributed by atoms with E-state index in [1.165, 1.54) is 12.1 Å². The molecule has 1 heterocycles. The van der Waals surface area contributed by atoms with Crippen LogP contribution < -0.4 is 15.4 Å². The van der Waals surface area contributed by atoms with Crippen molar-refractivity contribution in [1.82, 2.24) is 0 Å². The van der Waals surface area contributed by atoms with Gasteiger partial charge < -0.3 is 15.4 Å². The van der Waals surface area contributed by atoms with E-state index < -0.39 is 0 Å². The average molecular weight is 443 g/mol. The fraction of sp³-hybridized carbons (Fsp3) is 0.250. The number of Topliss-reactive ketones (excluding diaryl/α,β-unsaturated/α-hetero) is 1. The van der Waals surface area contributed by atoms with E-state index in [0.717, 1.165) is 40.2 Å². The van der Waals surface area contributed by atoms with Crippen molar-refractivity contribution in [1.29, 1.82) is 0 Å². The summed E-state index contributed by atoms with van der Waals surface area (Å²) in [5.41, 5.74) is 5.30. The maximum Gasteiger partial charge on any atom is 0.163 e. The lowest BCUT2D eigenvalue weighted by atomic mass is 9.73. The van der Waals surface area contributed by atoms with E-state index in [1.54, 1.807) is 6.07 Å². The molecule has 3 aromatic carbocycles.